The Bertz CT molecular complexity index is 994. The smallest absolute Gasteiger partial charge is 0.292 e. The molecule has 1 aliphatic rings. The highest BCUT2D eigenvalue weighted by atomic mass is 32.2. The van der Waals surface area contributed by atoms with Gasteiger partial charge in [0.05, 0.1) is 39.5 Å². The standard InChI is InChI=1S/C18H14N4O5S/c19-9-12-11(15-6-3-7-27-15)8-16(23)21-18(12)28-10-17(24)20-13-4-1-2-5-14(13)22(25)26/h1-7,11H,8,10H2,(H,20,24)(H,21,23). The molecule has 3 rings (SSSR count). The predicted molar refractivity (Wildman–Crippen MR) is 101 cm³/mol. The molecule has 9 nitrogen and oxygen atoms in total. The minimum absolute atomic E-state index is 0.0723. The van der Waals surface area contributed by atoms with E-state index in [-0.39, 0.29) is 34.5 Å². The molecule has 1 aromatic carbocycles. The van der Waals surface area contributed by atoms with Crippen LogP contribution in [0.1, 0.15) is 18.1 Å². The monoisotopic (exact) mass is 398 g/mol. The Labute approximate surface area is 163 Å². The number of allylic oxidation sites excluding steroid dienone is 1. The lowest BCUT2D eigenvalue weighted by Gasteiger charge is -2.23. The van der Waals surface area contributed by atoms with Gasteiger partial charge in [-0.1, -0.05) is 23.9 Å². The first-order chi connectivity index (χ1) is 13.5. The lowest BCUT2D eigenvalue weighted by atomic mass is 9.92. The van der Waals surface area contributed by atoms with Crippen LogP contribution in [-0.4, -0.2) is 22.5 Å². The molecule has 2 aromatic rings. The molecule has 0 saturated carbocycles. The molecule has 0 bridgehead atoms. The number of nitro groups is 1. The Kier molecular flexibility index (Phi) is 5.76. The molecule has 10 heteroatoms. The number of hydrogen-bond donors (Lipinski definition) is 2. The summed E-state index contributed by atoms with van der Waals surface area (Å²) in [6, 6.07) is 11.2. The van der Waals surface area contributed by atoms with Crippen LogP contribution in [0.5, 0.6) is 0 Å². The molecule has 142 valence electrons. The van der Waals surface area contributed by atoms with Gasteiger partial charge in [-0.3, -0.25) is 19.7 Å². The van der Waals surface area contributed by atoms with Crippen LogP contribution in [0, 0.1) is 21.4 Å². The van der Waals surface area contributed by atoms with Gasteiger partial charge in [0.2, 0.25) is 11.8 Å². The maximum Gasteiger partial charge on any atom is 0.292 e. The topological polar surface area (TPSA) is 138 Å². The van der Waals surface area contributed by atoms with Gasteiger partial charge in [0.15, 0.2) is 0 Å². The van der Waals surface area contributed by atoms with Crippen LogP contribution in [0.15, 0.2) is 57.7 Å². The number of benzene rings is 1. The van der Waals surface area contributed by atoms with Gasteiger partial charge in [-0.25, -0.2) is 0 Å². The van der Waals surface area contributed by atoms with Crippen molar-refractivity contribution in [2.75, 3.05) is 11.1 Å². The molecule has 1 unspecified atom stereocenters. The molecule has 2 heterocycles. The first-order valence-corrected chi connectivity index (χ1v) is 9.11. The number of anilines is 1. The highest BCUT2D eigenvalue weighted by Crippen LogP contribution is 2.36. The molecule has 2 amide bonds. The minimum atomic E-state index is -0.589. The van der Waals surface area contributed by atoms with Gasteiger partial charge in [0.25, 0.3) is 5.69 Å². The summed E-state index contributed by atoms with van der Waals surface area (Å²) in [5, 5.41) is 25.9. The van der Waals surface area contributed by atoms with Crippen molar-refractivity contribution >= 4 is 35.0 Å². The first kappa shape index (κ1) is 19.2. The van der Waals surface area contributed by atoms with Gasteiger partial charge in [-0.2, -0.15) is 5.26 Å². The normalized spacial score (nSPS) is 16.2. The van der Waals surface area contributed by atoms with Gasteiger partial charge < -0.3 is 15.1 Å². The molecule has 0 fully saturated rings. The van der Waals surface area contributed by atoms with Crippen molar-refractivity contribution in [1.29, 1.82) is 5.26 Å². The second-order valence-corrected chi connectivity index (χ2v) is 6.77. The Morgan fingerprint density at radius 2 is 2.18 bits per heavy atom. The fourth-order valence-corrected chi connectivity index (χ4v) is 3.61. The third-order valence-electron chi connectivity index (χ3n) is 3.97. The Hall–Kier alpha value is -3.58. The minimum Gasteiger partial charge on any atom is -0.469 e. The van der Waals surface area contributed by atoms with Crippen molar-refractivity contribution in [1.82, 2.24) is 5.32 Å². The van der Waals surface area contributed by atoms with Crippen LogP contribution >= 0.6 is 11.8 Å². The van der Waals surface area contributed by atoms with Crippen LogP contribution < -0.4 is 10.6 Å². The lowest BCUT2D eigenvalue weighted by Crippen LogP contribution is -2.31. The number of para-hydroxylation sites is 2. The van der Waals surface area contributed by atoms with Crippen molar-refractivity contribution in [2.24, 2.45) is 0 Å². The summed E-state index contributed by atoms with van der Waals surface area (Å²) < 4.78 is 5.32. The van der Waals surface area contributed by atoms with Crippen molar-refractivity contribution < 1.29 is 18.9 Å². The van der Waals surface area contributed by atoms with Crippen molar-refractivity contribution in [3.05, 3.63) is 69.1 Å². The Balaban J connectivity index is 1.74. The maximum atomic E-state index is 12.2. The highest BCUT2D eigenvalue weighted by Gasteiger charge is 2.31. The largest absolute Gasteiger partial charge is 0.469 e. The molecule has 1 atom stereocenters. The van der Waals surface area contributed by atoms with E-state index in [0.29, 0.717) is 11.3 Å². The average Bonchev–Trinajstić information content (AvgIpc) is 3.20. The summed E-state index contributed by atoms with van der Waals surface area (Å²) in [5.74, 6) is -0.957. The number of carbonyl (C=O) groups excluding carboxylic acids is 2. The van der Waals surface area contributed by atoms with E-state index in [1.807, 2.05) is 0 Å². The van der Waals surface area contributed by atoms with E-state index in [1.165, 1.54) is 24.5 Å². The average molecular weight is 398 g/mol. The zero-order valence-corrected chi connectivity index (χ0v) is 15.2. The van der Waals surface area contributed by atoms with Crippen LogP contribution in [-0.2, 0) is 9.59 Å². The quantitative estimate of drug-likeness (QED) is 0.563. The van der Waals surface area contributed by atoms with Crippen LogP contribution in [0.3, 0.4) is 0 Å². The fourth-order valence-electron chi connectivity index (χ4n) is 2.73. The van der Waals surface area contributed by atoms with Crippen molar-refractivity contribution in [3.63, 3.8) is 0 Å². The van der Waals surface area contributed by atoms with Crippen molar-refractivity contribution in [2.45, 2.75) is 12.3 Å². The number of nitro benzene ring substituents is 1. The second-order valence-electron chi connectivity index (χ2n) is 5.79. The van der Waals surface area contributed by atoms with Crippen molar-refractivity contribution in [3.8, 4) is 6.07 Å². The molecule has 1 aromatic heterocycles. The molecule has 0 radical (unpaired) electrons. The van der Waals surface area contributed by atoms with E-state index in [2.05, 4.69) is 16.7 Å². The van der Waals surface area contributed by atoms with Crippen LogP contribution in [0.25, 0.3) is 0 Å². The zero-order valence-electron chi connectivity index (χ0n) is 14.4. The number of furan rings is 1. The first-order valence-electron chi connectivity index (χ1n) is 8.13. The molecule has 0 spiro atoms. The molecule has 1 aliphatic heterocycles. The summed E-state index contributed by atoms with van der Waals surface area (Å²) in [6.45, 7) is 0. The molecule has 0 saturated heterocycles. The third kappa shape index (κ3) is 4.21. The number of hydrogen-bond acceptors (Lipinski definition) is 7. The summed E-state index contributed by atoms with van der Waals surface area (Å²) in [7, 11) is 0. The molecular formula is C18H14N4O5S. The van der Waals surface area contributed by atoms with Gasteiger partial charge in [0, 0.05) is 12.5 Å². The summed E-state index contributed by atoms with van der Waals surface area (Å²) >= 11 is 0.978. The summed E-state index contributed by atoms with van der Waals surface area (Å²) in [5.41, 5.74) is 0.161. The number of nitrogens with zero attached hydrogens (tertiary/aromatic N) is 2. The molecule has 28 heavy (non-hydrogen) atoms. The number of amides is 2. The van der Waals surface area contributed by atoms with Gasteiger partial charge in [-0.15, -0.1) is 0 Å². The maximum absolute atomic E-state index is 12.2. The van der Waals surface area contributed by atoms with Gasteiger partial charge >= 0.3 is 0 Å². The van der Waals surface area contributed by atoms with Gasteiger partial charge in [0.1, 0.15) is 11.4 Å². The zero-order chi connectivity index (χ0) is 20.1. The van der Waals surface area contributed by atoms with Crippen LogP contribution in [0.2, 0.25) is 0 Å². The SMILES string of the molecule is N#CC1=C(SCC(=O)Nc2ccccc2[N+](=O)[O-])NC(=O)CC1c1ccco1. The molecular weight excluding hydrogens is 384 g/mol. The summed E-state index contributed by atoms with van der Waals surface area (Å²) in [4.78, 5) is 34.7. The number of thioether (sulfide) groups is 1. The highest BCUT2D eigenvalue weighted by molar-refractivity contribution is 8.03. The lowest BCUT2D eigenvalue weighted by molar-refractivity contribution is -0.383. The molecule has 2 N–H and O–H groups in total. The number of rotatable bonds is 6. The number of nitrogens with one attached hydrogen (secondary N) is 2. The third-order valence-corrected chi connectivity index (χ3v) is 4.98. The number of nitriles is 1. The van der Waals surface area contributed by atoms with E-state index < -0.39 is 16.7 Å². The number of carbonyl (C=O) groups is 2. The van der Waals surface area contributed by atoms with Gasteiger partial charge in [-0.05, 0) is 18.2 Å². The summed E-state index contributed by atoms with van der Waals surface area (Å²) in [6.07, 6.45) is 1.53. The Morgan fingerprint density at radius 3 is 2.86 bits per heavy atom. The fraction of sp³-hybridized carbons (Fsp3) is 0.167. The van der Waals surface area contributed by atoms with E-state index in [4.69, 9.17) is 4.42 Å². The predicted octanol–water partition coefficient (Wildman–Crippen LogP) is 2.90. The van der Waals surface area contributed by atoms with E-state index >= 15 is 0 Å². The van der Waals surface area contributed by atoms with E-state index in [1.54, 1.807) is 18.2 Å². The Morgan fingerprint density at radius 1 is 1.39 bits per heavy atom. The second kappa shape index (κ2) is 8.41. The van der Waals surface area contributed by atoms with Crippen LogP contribution in [0.4, 0.5) is 11.4 Å². The van der Waals surface area contributed by atoms with E-state index in [9.17, 15) is 25.0 Å². The van der Waals surface area contributed by atoms with E-state index in [0.717, 1.165) is 11.8 Å². The molecule has 0 aliphatic carbocycles.